The van der Waals surface area contributed by atoms with E-state index in [1.54, 1.807) is 0 Å². The van der Waals surface area contributed by atoms with Gasteiger partial charge in [0, 0.05) is 31.7 Å². The molecular weight excluding hydrogens is 216 g/mol. The van der Waals surface area contributed by atoms with Crippen molar-refractivity contribution in [1.82, 2.24) is 15.5 Å². The molecule has 1 aliphatic carbocycles. The zero-order valence-corrected chi connectivity index (χ0v) is 10.1. The lowest BCUT2D eigenvalue weighted by atomic mass is 10.2. The summed E-state index contributed by atoms with van der Waals surface area (Å²) < 4.78 is 0. The number of hydrogen-bond acceptors (Lipinski definition) is 4. The highest BCUT2D eigenvalue weighted by Gasteiger charge is 2.34. The van der Waals surface area contributed by atoms with Crippen LogP contribution in [0.5, 0.6) is 0 Å². The van der Waals surface area contributed by atoms with Crippen molar-refractivity contribution in [2.75, 3.05) is 26.2 Å². The van der Waals surface area contributed by atoms with Crippen molar-refractivity contribution in [2.24, 2.45) is 0 Å². The number of nitrogens with one attached hydrogen (secondary N) is 2. The summed E-state index contributed by atoms with van der Waals surface area (Å²) in [5.74, 6) is -0.00915. The molecule has 0 spiro atoms. The molecule has 0 radical (unpaired) electrons. The smallest absolute Gasteiger partial charge is 0.233 e. The minimum atomic E-state index is -0.00915. The van der Waals surface area contributed by atoms with E-state index in [-0.39, 0.29) is 5.91 Å². The van der Waals surface area contributed by atoms with Crippen LogP contribution in [0.25, 0.3) is 0 Å². The molecule has 1 heterocycles. The second kappa shape index (κ2) is 5.99. The maximum atomic E-state index is 11.4. The molecular formula is C12H20N4O. The Labute approximate surface area is 102 Å². The molecule has 0 aromatic heterocycles. The van der Waals surface area contributed by atoms with Gasteiger partial charge in [0.05, 0.1) is 19.0 Å². The van der Waals surface area contributed by atoms with E-state index in [9.17, 15) is 4.79 Å². The lowest BCUT2D eigenvalue weighted by Gasteiger charge is -2.15. The van der Waals surface area contributed by atoms with Gasteiger partial charge in [0.15, 0.2) is 0 Å². The molecule has 94 valence electrons. The highest BCUT2D eigenvalue weighted by molar-refractivity contribution is 5.78. The summed E-state index contributed by atoms with van der Waals surface area (Å²) in [6, 6.07) is 3.28. The molecule has 5 heteroatoms. The third-order valence-corrected chi connectivity index (χ3v) is 3.39. The van der Waals surface area contributed by atoms with Gasteiger partial charge in [-0.25, -0.2) is 0 Å². The van der Waals surface area contributed by atoms with Crippen molar-refractivity contribution >= 4 is 5.91 Å². The molecule has 2 aliphatic rings. The maximum Gasteiger partial charge on any atom is 0.233 e. The van der Waals surface area contributed by atoms with Crippen LogP contribution < -0.4 is 10.6 Å². The number of nitriles is 1. The van der Waals surface area contributed by atoms with Crippen LogP contribution in [0.4, 0.5) is 0 Å². The number of carbonyl (C=O) groups is 1. The predicted molar refractivity (Wildman–Crippen MR) is 64.2 cm³/mol. The molecule has 2 N–H and O–H groups in total. The monoisotopic (exact) mass is 236 g/mol. The van der Waals surface area contributed by atoms with Crippen LogP contribution in [0.1, 0.15) is 25.7 Å². The van der Waals surface area contributed by atoms with Gasteiger partial charge in [-0.15, -0.1) is 0 Å². The topological polar surface area (TPSA) is 68.2 Å². The molecule has 1 saturated heterocycles. The van der Waals surface area contributed by atoms with Gasteiger partial charge in [0.25, 0.3) is 0 Å². The van der Waals surface area contributed by atoms with Crippen molar-refractivity contribution in [1.29, 1.82) is 5.26 Å². The Morgan fingerprint density at radius 3 is 2.94 bits per heavy atom. The fraction of sp³-hybridized carbons (Fsp3) is 0.833. The van der Waals surface area contributed by atoms with E-state index in [0.29, 0.717) is 25.6 Å². The van der Waals surface area contributed by atoms with E-state index in [0.717, 1.165) is 19.0 Å². The largest absolute Gasteiger partial charge is 0.354 e. The van der Waals surface area contributed by atoms with Gasteiger partial charge in [0.2, 0.25) is 5.91 Å². The Kier molecular flexibility index (Phi) is 4.35. The maximum absolute atomic E-state index is 11.4. The third kappa shape index (κ3) is 3.99. The first-order chi connectivity index (χ1) is 8.29. The van der Waals surface area contributed by atoms with Gasteiger partial charge < -0.3 is 10.6 Å². The predicted octanol–water partition coefficient (Wildman–Crippen LogP) is -0.157. The number of amides is 1. The van der Waals surface area contributed by atoms with Crippen LogP contribution >= 0.6 is 0 Å². The lowest BCUT2D eigenvalue weighted by Crippen LogP contribution is -2.40. The highest BCUT2D eigenvalue weighted by atomic mass is 16.1. The summed E-state index contributed by atoms with van der Waals surface area (Å²) in [6.45, 7) is 3.07. The molecule has 1 aliphatic heterocycles. The van der Waals surface area contributed by atoms with Crippen LogP contribution in [0.3, 0.4) is 0 Å². The number of hydrogen-bond donors (Lipinski definition) is 2. The molecule has 2 fully saturated rings. The third-order valence-electron chi connectivity index (χ3n) is 3.39. The lowest BCUT2D eigenvalue weighted by molar-refractivity contribution is -0.120. The van der Waals surface area contributed by atoms with Gasteiger partial charge in [-0.2, -0.15) is 5.26 Å². The van der Waals surface area contributed by atoms with Crippen molar-refractivity contribution in [2.45, 2.75) is 37.8 Å². The molecule has 2 rings (SSSR count). The average Bonchev–Trinajstić information content (AvgIpc) is 3.07. The normalized spacial score (nSPS) is 24.5. The fourth-order valence-electron chi connectivity index (χ4n) is 2.28. The number of carbonyl (C=O) groups excluding carboxylic acids is 1. The molecule has 5 nitrogen and oxygen atoms in total. The van der Waals surface area contributed by atoms with Crippen LogP contribution in [-0.4, -0.2) is 49.1 Å². The molecule has 1 saturated carbocycles. The number of likely N-dealkylation sites (tertiary alicyclic amines) is 1. The summed E-state index contributed by atoms with van der Waals surface area (Å²) in [5, 5.41) is 14.3. The summed E-state index contributed by atoms with van der Waals surface area (Å²) >= 11 is 0. The van der Waals surface area contributed by atoms with Gasteiger partial charge in [-0.3, -0.25) is 9.69 Å². The van der Waals surface area contributed by atoms with Crippen LogP contribution in [0, 0.1) is 11.3 Å². The van der Waals surface area contributed by atoms with E-state index in [2.05, 4.69) is 15.5 Å². The van der Waals surface area contributed by atoms with Crippen LogP contribution in [-0.2, 0) is 4.79 Å². The first kappa shape index (κ1) is 12.3. The first-order valence-electron chi connectivity index (χ1n) is 6.40. The van der Waals surface area contributed by atoms with Gasteiger partial charge >= 0.3 is 0 Å². The molecule has 1 atom stereocenters. The van der Waals surface area contributed by atoms with E-state index in [1.165, 1.54) is 19.4 Å². The van der Waals surface area contributed by atoms with Gasteiger partial charge in [-0.05, 0) is 19.3 Å². The second-order valence-corrected chi connectivity index (χ2v) is 4.85. The fourth-order valence-corrected chi connectivity index (χ4v) is 2.28. The molecule has 1 amide bonds. The van der Waals surface area contributed by atoms with Crippen LogP contribution in [0.15, 0.2) is 0 Å². The SMILES string of the molecule is N#CCCNC(=O)CNC1CCN(C2CC2)C1. The average molecular weight is 236 g/mol. The zero-order valence-electron chi connectivity index (χ0n) is 10.1. The number of rotatable bonds is 6. The van der Waals surface area contributed by atoms with Gasteiger partial charge in [-0.1, -0.05) is 0 Å². The number of nitrogens with zero attached hydrogens (tertiary/aromatic N) is 2. The van der Waals surface area contributed by atoms with E-state index >= 15 is 0 Å². The summed E-state index contributed by atoms with van der Waals surface area (Å²) in [5.41, 5.74) is 0. The summed E-state index contributed by atoms with van der Waals surface area (Å²) in [4.78, 5) is 13.9. The molecule has 17 heavy (non-hydrogen) atoms. The van der Waals surface area contributed by atoms with E-state index < -0.39 is 0 Å². The molecule has 0 aromatic carbocycles. The van der Waals surface area contributed by atoms with Crippen molar-refractivity contribution < 1.29 is 4.79 Å². The van der Waals surface area contributed by atoms with Crippen molar-refractivity contribution in [3.63, 3.8) is 0 Å². The summed E-state index contributed by atoms with van der Waals surface area (Å²) in [6.07, 6.45) is 4.22. The molecule has 0 aromatic rings. The Balaban J connectivity index is 1.56. The minimum Gasteiger partial charge on any atom is -0.354 e. The Bertz CT molecular complexity index is 308. The first-order valence-corrected chi connectivity index (χ1v) is 6.40. The van der Waals surface area contributed by atoms with E-state index in [1.807, 2.05) is 6.07 Å². The molecule has 0 bridgehead atoms. The van der Waals surface area contributed by atoms with Crippen LogP contribution in [0.2, 0.25) is 0 Å². The van der Waals surface area contributed by atoms with Crippen molar-refractivity contribution in [3.05, 3.63) is 0 Å². The molecule has 1 unspecified atom stereocenters. The summed E-state index contributed by atoms with van der Waals surface area (Å²) in [7, 11) is 0. The second-order valence-electron chi connectivity index (χ2n) is 4.85. The highest BCUT2D eigenvalue weighted by Crippen LogP contribution is 2.29. The zero-order chi connectivity index (χ0) is 12.1. The van der Waals surface area contributed by atoms with Crippen molar-refractivity contribution in [3.8, 4) is 6.07 Å². The Morgan fingerprint density at radius 2 is 2.24 bits per heavy atom. The Morgan fingerprint density at radius 1 is 1.41 bits per heavy atom. The standard InChI is InChI=1S/C12H20N4O/c13-5-1-6-14-12(17)8-15-10-4-7-16(9-10)11-2-3-11/h10-11,15H,1-4,6-9H2,(H,14,17). The minimum absolute atomic E-state index is 0.00915. The van der Waals surface area contributed by atoms with Gasteiger partial charge in [0.1, 0.15) is 0 Å². The quantitative estimate of drug-likeness (QED) is 0.629. The van der Waals surface area contributed by atoms with E-state index in [4.69, 9.17) is 5.26 Å². The Hall–Kier alpha value is -1.12.